The van der Waals surface area contributed by atoms with Gasteiger partial charge in [-0.1, -0.05) is 48.5 Å². The van der Waals surface area contributed by atoms with Crippen molar-refractivity contribution in [3.63, 3.8) is 0 Å². The van der Waals surface area contributed by atoms with Gasteiger partial charge in [0.05, 0.1) is 23.5 Å². The average molecular weight is 460 g/mol. The molecule has 0 aliphatic carbocycles. The Morgan fingerprint density at radius 3 is 2.36 bits per heavy atom. The fourth-order valence-electron chi connectivity index (χ4n) is 3.78. The minimum Gasteiger partial charge on any atom is -0.467 e. The highest BCUT2D eigenvalue weighted by molar-refractivity contribution is 7.13. The van der Waals surface area contributed by atoms with E-state index in [1.165, 1.54) is 11.3 Å². The van der Waals surface area contributed by atoms with Gasteiger partial charge in [0.15, 0.2) is 0 Å². The number of hydrogen-bond donors (Lipinski definition) is 1. The average Bonchev–Trinajstić information content (AvgIpc) is 3.45. The van der Waals surface area contributed by atoms with Gasteiger partial charge in [0.2, 0.25) is 5.91 Å². The summed E-state index contributed by atoms with van der Waals surface area (Å²) in [5, 5.41) is 3.75. The molecule has 2 heterocycles. The number of hydrogen-bond acceptors (Lipinski definition) is 5. The summed E-state index contributed by atoms with van der Waals surface area (Å²) in [6.45, 7) is 5.85. The standard InChI is InChI=1S/C26H25N3O3S/c1-17-10-7-8-14-22(17)29(26(31)24-18(2)28-19(3)33-24)23(20-11-5-4-6-12-20)25(30)27-16-21-13-9-15-32-21/h4-15,23H,16H2,1-3H3,(H,27,30)/t23-/m0/s1. The molecule has 0 fully saturated rings. The number of rotatable bonds is 7. The van der Waals surface area contributed by atoms with Gasteiger partial charge in [0, 0.05) is 5.69 Å². The molecule has 0 saturated heterocycles. The lowest BCUT2D eigenvalue weighted by Gasteiger charge is -2.32. The highest BCUT2D eigenvalue weighted by atomic mass is 32.1. The zero-order valence-corrected chi connectivity index (χ0v) is 19.6. The summed E-state index contributed by atoms with van der Waals surface area (Å²) in [5.41, 5.74) is 2.94. The van der Waals surface area contributed by atoms with E-state index in [1.54, 1.807) is 23.3 Å². The molecule has 2 aromatic carbocycles. The van der Waals surface area contributed by atoms with Crippen LogP contribution >= 0.6 is 11.3 Å². The Morgan fingerprint density at radius 1 is 1.00 bits per heavy atom. The van der Waals surface area contributed by atoms with Crippen LogP contribution in [0.15, 0.2) is 77.4 Å². The first-order valence-corrected chi connectivity index (χ1v) is 11.5. The molecule has 1 N–H and O–H groups in total. The zero-order valence-electron chi connectivity index (χ0n) is 18.7. The normalized spacial score (nSPS) is 11.7. The molecule has 7 heteroatoms. The lowest BCUT2D eigenvalue weighted by atomic mass is 10.0. The van der Waals surface area contributed by atoms with Crippen molar-refractivity contribution < 1.29 is 14.0 Å². The number of para-hydroxylation sites is 1. The van der Waals surface area contributed by atoms with E-state index in [0.717, 1.165) is 10.6 Å². The van der Waals surface area contributed by atoms with Crippen LogP contribution in [0.3, 0.4) is 0 Å². The highest BCUT2D eigenvalue weighted by Gasteiger charge is 2.35. The van der Waals surface area contributed by atoms with Crippen LogP contribution in [0, 0.1) is 20.8 Å². The second-order valence-electron chi connectivity index (χ2n) is 7.72. The van der Waals surface area contributed by atoms with Gasteiger partial charge in [-0.3, -0.25) is 14.5 Å². The molecule has 0 radical (unpaired) electrons. The molecule has 2 amide bonds. The van der Waals surface area contributed by atoms with Crippen LogP contribution in [0.25, 0.3) is 0 Å². The van der Waals surface area contributed by atoms with Crippen molar-refractivity contribution in [2.45, 2.75) is 33.4 Å². The van der Waals surface area contributed by atoms with Crippen molar-refractivity contribution in [1.82, 2.24) is 10.3 Å². The molecule has 0 spiro atoms. The Labute approximate surface area is 196 Å². The molecule has 4 aromatic rings. The van der Waals surface area contributed by atoms with Crippen LogP contribution in [0.1, 0.15) is 43.3 Å². The van der Waals surface area contributed by atoms with E-state index >= 15 is 0 Å². The Morgan fingerprint density at radius 2 is 1.73 bits per heavy atom. The number of anilines is 1. The SMILES string of the molecule is Cc1nc(C)c(C(=O)N(c2ccccc2C)[C@H](C(=O)NCc2ccco2)c2ccccc2)s1. The van der Waals surface area contributed by atoms with Gasteiger partial charge in [-0.25, -0.2) is 4.98 Å². The molecular weight excluding hydrogens is 434 g/mol. The summed E-state index contributed by atoms with van der Waals surface area (Å²) in [5.74, 6) is 0.0837. The van der Waals surface area contributed by atoms with E-state index in [2.05, 4.69) is 10.3 Å². The van der Waals surface area contributed by atoms with Gasteiger partial charge in [-0.15, -0.1) is 11.3 Å². The van der Waals surface area contributed by atoms with E-state index in [1.807, 2.05) is 75.4 Å². The number of amides is 2. The number of furan rings is 1. The predicted molar refractivity (Wildman–Crippen MR) is 129 cm³/mol. The molecule has 4 rings (SSSR count). The van der Waals surface area contributed by atoms with Crippen molar-refractivity contribution in [2.75, 3.05) is 4.90 Å². The lowest BCUT2D eigenvalue weighted by molar-refractivity contribution is -0.122. The monoisotopic (exact) mass is 459 g/mol. The van der Waals surface area contributed by atoms with Crippen molar-refractivity contribution >= 4 is 28.8 Å². The molecule has 2 aromatic heterocycles. The van der Waals surface area contributed by atoms with Crippen LogP contribution in [0.5, 0.6) is 0 Å². The summed E-state index contributed by atoms with van der Waals surface area (Å²) >= 11 is 1.34. The van der Waals surface area contributed by atoms with Crippen molar-refractivity contribution in [3.8, 4) is 0 Å². The first-order chi connectivity index (χ1) is 16.0. The van der Waals surface area contributed by atoms with E-state index in [4.69, 9.17) is 4.42 Å². The molecule has 33 heavy (non-hydrogen) atoms. The summed E-state index contributed by atoms with van der Waals surface area (Å²) < 4.78 is 5.37. The maximum Gasteiger partial charge on any atom is 0.271 e. The van der Waals surface area contributed by atoms with Crippen LogP contribution in [0.2, 0.25) is 0 Å². The molecule has 0 unspecified atom stereocenters. The zero-order chi connectivity index (χ0) is 23.4. The maximum absolute atomic E-state index is 14.0. The van der Waals surface area contributed by atoms with Crippen molar-refractivity contribution in [1.29, 1.82) is 0 Å². The Balaban J connectivity index is 1.82. The molecule has 0 aliphatic heterocycles. The van der Waals surface area contributed by atoms with Gasteiger partial charge in [0.1, 0.15) is 16.7 Å². The summed E-state index contributed by atoms with van der Waals surface area (Å²) in [4.78, 5) is 34.2. The number of benzene rings is 2. The van der Waals surface area contributed by atoms with Gasteiger partial charge in [-0.2, -0.15) is 0 Å². The van der Waals surface area contributed by atoms with Crippen molar-refractivity contribution in [2.24, 2.45) is 0 Å². The van der Waals surface area contributed by atoms with Gasteiger partial charge < -0.3 is 9.73 Å². The summed E-state index contributed by atoms with van der Waals surface area (Å²) in [7, 11) is 0. The third kappa shape index (κ3) is 4.88. The fraction of sp³-hybridized carbons (Fsp3) is 0.192. The molecule has 0 aliphatic rings. The highest BCUT2D eigenvalue weighted by Crippen LogP contribution is 2.33. The number of carbonyl (C=O) groups is 2. The van der Waals surface area contributed by atoms with E-state index in [-0.39, 0.29) is 18.4 Å². The third-order valence-corrected chi connectivity index (χ3v) is 6.39. The Hall–Kier alpha value is -3.71. The van der Waals surface area contributed by atoms with Crippen molar-refractivity contribution in [3.05, 3.63) is 105 Å². The fourth-order valence-corrected chi connectivity index (χ4v) is 4.63. The van der Waals surface area contributed by atoms with Gasteiger partial charge in [0.25, 0.3) is 5.91 Å². The number of carbonyl (C=O) groups excluding carboxylic acids is 2. The largest absolute Gasteiger partial charge is 0.467 e. The molecule has 0 saturated carbocycles. The Kier molecular flexibility index (Phi) is 6.70. The Bertz CT molecular complexity index is 1250. The molecule has 168 valence electrons. The smallest absolute Gasteiger partial charge is 0.271 e. The van der Waals surface area contributed by atoms with Crippen LogP contribution < -0.4 is 10.2 Å². The third-order valence-electron chi connectivity index (χ3n) is 5.33. The number of aromatic nitrogens is 1. The number of aryl methyl sites for hydroxylation is 3. The van der Waals surface area contributed by atoms with Crippen LogP contribution in [-0.2, 0) is 11.3 Å². The second-order valence-corrected chi connectivity index (χ2v) is 8.92. The molecule has 0 bridgehead atoms. The minimum atomic E-state index is -0.878. The number of thiazole rings is 1. The molecular formula is C26H25N3O3S. The van der Waals surface area contributed by atoms with E-state index in [9.17, 15) is 9.59 Å². The van der Waals surface area contributed by atoms with E-state index in [0.29, 0.717) is 27.6 Å². The quantitative estimate of drug-likeness (QED) is 0.403. The van der Waals surface area contributed by atoms with Crippen LogP contribution in [-0.4, -0.2) is 16.8 Å². The summed E-state index contributed by atoms with van der Waals surface area (Å²) in [6, 6.07) is 19.6. The lowest BCUT2D eigenvalue weighted by Crippen LogP contribution is -2.44. The topological polar surface area (TPSA) is 75.4 Å². The van der Waals surface area contributed by atoms with E-state index < -0.39 is 6.04 Å². The number of nitrogens with one attached hydrogen (secondary N) is 1. The van der Waals surface area contributed by atoms with Gasteiger partial charge in [-0.05, 0) is 50.1 Å². The second kappa shape index (κ2) is 9.83. The minimum absolute atomic E-state index is 0.226. The summed E-state index contributed by atoms with van der Waals surface area (Å²) in [6.07, 6.45) is 1.56. The number of nitrogens with zero attached hydrogens (tertiary/aromatic N) is 2. The predicted octanol–water partition coefficient (Wildman–Crippen LogP) is 5.37. The maximum atomic E-state index is 14.0. The van der Waals surface area contributed by atoms with Gasteiger partial charge >= 0.3 is 0 Å². The first kappa shape index (κ1) is 22.5. The molecule has 6 nitrogen and oxygen atoms in total. The molecule has 1 atom stereocenters. The first-order valence-electron chi connectivity index (χ1n) is 10.6. The van der Waals surface area contributed by atoms with Crippen LogP contribution in [0.4, 0.5) is 5.69 Å².